The number of halogens is 1. The maximum absolute atomic E-state index is 12.5. The second-order valence-electron chi connectivity index (χ2n) is 6.24. The molecule has 0 saturated heterocycles. The molecule has 136 valence electrons. The fourth-order valence-electron chi connectivity index (χ4n) is 3.06. The molecule has 2 heterocycles. The summed E-state index contributed by atoms with van der Waals surface area (Å²) in [6.45, 7) is 0. The van der Waals surface area contributed by atoms with Crippen LogP contribution in [0, 0.1) is 0 Å². The van der Waals surface area contributed by atoms with Gasteiger partial charge in [-0.1, -0.05) is 51.4 Å². The van der Waals surface area contributed by atoms with E-state index in [0.717, 1.165) is 26.5 Å². The van der Waals surface area contributed by atoms with E-state index in [0.29, 0.717) is 16.9 Å². The quantitative estimate of drug-likeness (QED) is 0.249. The van der Waals surface area contributed by atoms with Gasteiger partial charge in [-0.3, -0.25) is 0 Å². The number of carbonyl (C=O) groups is 1. The third-order valence-corrected chi connectivity index (χ3v) is 4.87. The summed E-state index contributed by atoms with van der Waals surface area (Å²) in [4.78, 5) is 12.5. The molecular formula is C22H12BrNO4. The molecule has 0 spiro atoms. The van der Waals surface area contributed by atoms with Crippen LogP contribution in [0.25, 0.3) is 33.2 Å². The lowest BCUT2D eigenvalue weighted by Gasteiger charge is -2.02. The highest BCUT2D eigenvalue weighted by molar-refractivity contribution is 9.10. The Morgan fingerprint density at radius 3 is 2.64 bits per heavy atom. The van der Waals surface area contributed by atoms with E-state index in [4.69, 9.17) is 13.7 Å². The van der Waals surface area contributed by atoms with Crippen molar-refractivity contribution in [3.05, 3.63) is 83.0 Å². The average molecular weight is 434 g/mol. The van der Waals surface area contributed by atoms with Crippen LogP contribution in [0.5, 0.6) is 5.75 Å². The first-order valence-electron chi connectivity index (χ1n) is 8.53. The van der Waals surface area contributed by atoms with Crippen molar-refractivity contribution in [3.8, 4) is 17.0 Å². The fourth-order valence-corrected chi connectivity index (χ4v) is 3.44. The van der Waals surface area contributed by atoms with E-state index in [2.05, 4.69) is 21.1 Å². The summed E-state index contributed by atoms with van der Waals surface area (Å²) in [6.07, 6.45) is 0. The minimum absolute atomic E-state index is 0.135. The van der Waals surface area contributed by atoms with Gasteiger partial charge in [0.05, 0.1) is 0 Å². The molecule has 28 heavy (non-hydrogen) atoms. The molecule has 5 aromatic rings. The maximum atomic E-state index is 12.5. The van der Waals surface area contributed by atoms with E-state index >= 15 is 0 Å². The first-order valence-corrected chi connectivity index (χ1v) is 9.33. The largest absolute Gasteiger partial charge is 0.449 e. The summed E-state index contributed by atoms with van der Waals surface area (Å²) in [5.41, 5.74) is 2.86. The van der Waals surface area contributed by atoms with Crippen molar-refractivity contribution >= 4 is 43.8 Å². The van der Waals surface area contributed by atoms with E-state index in [1.807, 2.05) is 48.5 Å². The van der Waals surface area contributed by atoms with Crippen LogP contribution in [0.3, 0.4) is 0 Å². The van der Waals surface area contributed by atoms with Crippen LogP contribution in [0.2, 0.25) is 0 Å². The van der Waals surface area contributed by atoms with Gasteiger partial charge in [0.25, 0.3) is 0 Å². The number of aromatic nitrogens is 1. The SMILES string of the molecule is O=C(Oc1ccc2c(-c3ccccc3)noc2c1)c1cc2cc(Br)ccc2o1. The highest BCUT2D eigenvalue weighted by Crippen LogP contribution is 2.31. The Morgan fingerprint density at radius 1 is 0.929 bits per heavy atom. The van der Waals surface area contributed by atoms with E-state index in [-0.39, 0.29) is 5.76 Å². The van der Waals surface area contributed by atoms with Crippen LogP contribution in [-0.2, 0) is 0 Å². The number of nitrogens with zero attached hydrogens (tertiary/aromatic N) is 1. The van der Waals surface area contributed by atoms with Gasteiger partial charge in [0.2, 0.25) is 5.76 Å². The Kier molecular flexibility index (Phi) is 3.98. The molecule has 0 aliphatic rings. The van der Waals surface area contributed by atoms with Crippen LogP contribution in [0.1, 0.15) is 10.6 Å². The van der Waals surface area contributed by atoms with Crippen LogP contribution in [-0.4, -0.2) is 11.1 Å². The molecule has 2 aromatic heterocycles. The molecule has 0 aliphatic carbocycles. The maximum Gasteiger partial charge on any atom is 0.379 e. The molecule has 0 aliphatic heterocycles. The van der Waals surface area contributed by atoms with Crippen molar-refractivity contribution in [1.82, 2.24) is 5.16 Å². The van der Waals surface area contributed by atoms with Gasteiger partial charge in [-0.25, -0.2) is 4.79 Å². The number of hydrogen-bond donors (Lipinski definition) is 0. The van der Waals surface area contributed by atoms with Gasteiger partial charge in [-0.05, 0) is 36.4 Å². The average Bonchev–Trinajstić information content (AvgIpc) is 3.32. The predicted molar refractivity (Wildman–Crippen MR) is 108 cm³/mol. The standard InChI is InChI=1S/C22H12BrNO4/c23-15-6-9-18-14(10-15)11-20(27-18)22(25)26-16-7-8-17-19(12-16)28-24-21(17)13-4-2-1-3-5-13/h1-12H. The number of fused-ring (bicyclic) bond motifs is 2. The van der Waals surface area contributed by atoms with E-state index < -0.39 is 5.97 Å². The van der Waals surface area contributed by atoms with Gasteiger partial charge in [0.1, 0.15) is 17.0 Å². The normalized spacial score (nSPS) is 11.2. The monoisotopic (exact) mass is 433 g/mol. The topological polar surface area (TPSA) is 65.5 Å². The van der Waals surface area contributed by atoms with E-state index in [1.165, 1.54) is 0 Å². The van der Waals surface area contributed by atoms with Gasteiger partial charge in [-0.2, -0.15) is 0 Å². The molecular weight excluding hydrogens is 422 g/mol. The van der Waals surface area contributed by atoms with Crippen molar-refractivity contribution in [2.24, 2.45) is 0 Å². The molecule has 0 radical (unpaired) electrons. The van der Waals surface area contributed by atoms with Gasteiger partial charge in [0, 0.05) is 26.9 Å². The zero-order chi connectivity index (χ0) is 19.1. The van der Waals surface area contributed by atoms with Crippen LogP contribution in [0.4, 0.5) is 0 Å². The smallest absolute Gasteiger partial charge is 0.379 e. The summed E-state index contributed by atoms with van der Waals surface area (Å²) in [5.74, 6) is -0.0832. The number of esters is 1. The van der Waals surface area contributed by atoms with Gasteiger partial charge < -0.3 is 13.7 Å². The summed E-state index contributed by atoms with van der Waals surface area (Å²) in [6, 6.07) is 22.1. The van der Waals surface area contributed by atoms with Gasteiger partial charge in [0.15, 0.2) is 5.58 Å². The third kappa shape index (κ3) is 2.97. The number of ether oxygens (including phenoxy) is 1. The van der Waals surface area contributed by atoms with Crippen molar-refractivity contribution in [2.75, 3.05) is 0 Å². The highest BCUT2D eigenvalue weighted by atomic mass is 79.9. The van der Waals surface area contributed by atoms with E-state index in [9.17, 15) is 4.79 Å². The minimum Gasteiger partial charge on any atom is -0.449 e. The zero-order valence-corrected chi connectivity index (χ0v) is 16.0. The first kappa shape index (κ1) is 16.8. The molecule has 0 fully saturated rings. The number of rotatable bonds is 3. The Bertz CT molecular complexity index is 1320. The minimum atomic E-state index is -0.575. The second-order valence-corrected chi connectivity index (χ2v) is 7.15. The first-order chi connectivity index (χ1) is 13.7. The van der Waals surface area contributed by atoms with Crippen LogP contribution < -0.4 is 4.74 Å². The molecule has 0 atom stereocenters. The Labute approximate surface area is 167 Å². The molecule has 6 heteroatoms. The number of hydrogen-bond acceptors (Lipinski definition) is 5. The Hall–Kier alpha value is -3.38. The summed E-state index contributed by atoms with van der Waals surface area (Å²) in [5, 5.41) is 5.81. The molecule has 5 rings (SSSR count). The molecule has 0 amide bonds. The molecule has 0 bridgehead atoms. The van der Waals surface area contributed by atoms with Crippen LogP contribution in [0.15, 0.2) is 86.2 Å². The zero-order valence-electron chi connectivity index (χ0n) is 14.4. The van der Waals surface area contributed by atoms with Gasteiger partial charge in [-0.15, -0.1) is 0 Å². The molecule has 0 saturated carbocycles. The summed E-state index contributed by atoms with van der Waals surface area (Å²) >= 11 is 3.40. The molecule has 3 aromatic carbocycles. The third-order valence-electron chi connectivity index (χ3n) is 4.38. The molecule has 0 N–H and O–H groups in total. The Balaban J connectivity index is 1.44. The number of carbonyl (C=O) groups excluding carboxylic acids is 1. The summed E-state index contributed by atoms with van der Waals surface area (Å²) < 4.78 is 17.4. The highest BCUT2D eigenvalue weighted by Gasteiger charge is 2.17. The summed E-state index contributed by atoms with van der Waals surface area (Å²) in [7, 11) is 0. The van der Waals surface area contributed by atoms with Crippen molar-refractivity contribution in [2.45, 2.75) is 0 Å². The lowest BCUT2D eigenvalue weighted by Crippen LogP contribution is -2.06. The number of benzene rings is 3. The lowest BCUT2D eigenvalue weighted by atomic mass is 10.1. The van der Waals surface area contributed by atoms with Crippen LogP contribution >= 0.6 is 15.9 Å². The molecule has 5 nitrogen and oxygen atoms in total. The fraction of sp³-hybridized carbons (Fsp3) is 0. The lowest BCUT2D eigenvalue weighted by molar-refractivity contribution is 0.0704. The molecule has 0 unspecified atom stereocenters. The van der Waals surface area contributed by atoms with Crippen molar-refractivity contribution in [1.29, 1.82) is 0 Å². The van der Waals surface area contributed by atoms with Crippen molar-refractivity contribution < 1.29 is 18.5 Å². The second kappa shape index (κ2) is 6.65. The predicted octanol–water partition coefficient (Wildman–Crippen LogP) is 6.22. The Morgan fingerprint density at radius 2 is 1.79 bits per heavy atom. The van der Waals surface area contributed by atoms with E-state index in [1.54, 1.807) is 24.3 Å². The van der Waals surface area contributed by atoms with Gasteiger partial charge >= 0.3 is 5.97 Å². The van der Waals surface area contributed by atoms with Crippen molar-refractivity contribution in [3.63, 3.8) is 0 Å². The number of furan rings is 1.